The van der Waals surface area contributed by atoms with Crippen LogP contribution in [-0.2, 0) is 6.54 Å². The molecule has 0 saturated carbocycles. The largest absolute Gasteiger partial charge is 0.478 e. The lowest BCUT2D eigenvalue weighted by Crippen LogP contribution is -2.22. The molecule has 1 amide bonds. The molecule has 0 atom stereocenters. The van der Waals surface area contributed by atoms with E-state index in [1.54, 1.807) is 12.1 Å². The van der Waals surface area contributed by atoms with Gasteiger partial charge >= 0.3 is 5.97 Å². The van der Waals surface area contributed by atoms with Crippen LogP contribution in [0.2, 0.25) is 0 Å². The maximum atomic E-state index is 11.8. The second-order valence-electron chi connectivity index (χ2n) is 3.70. The summed E-state index contributed by atoms with van der Waals surface area (Å²) in [6, 6.07) is 7.63. The minimum atomic E-state index is -1.06. The fraction of sp³-hybridized carbons (Fsp3) is 0.0769. The average Bonchev–Trinajstić information content (AvgIpc) is 2.89. The summed E-state index contributed by atoms with van der Waals surface area (Å²) in [4.78, 5) is 22.6. The van der Waals surface area contributed by atoms with Crippen LogP contribution < -0.4 is 5.32 Å². The molecule has 0 fully saturated rings. The summed E-state index contributed by atoms with van der Waals surface area (Å²) in [5, 5.41) is 11.5. The summed E-state index contributed by atoms with van der Waals surface area (Å²) >= 11 is 0. The van der Waals surface area contributed by atoms with Crippen molar-refractivity contribution >= 4 is 11.9 Å². The van der Waals surface area contributed by atoms with E-state index in [0.29, 0.717) is 12.1 Å². The van der Waals surface area contributed by atoms with Crippen molar-refractivity contribution in [1.29, 1.82) is 0 Å². The van der Waals surface area contributed by atoms with Crippen LogP contribution in [0, 0.1) is 0 Å². The molecule has 2 rings (SSSR count). The quantitative estimate of drug-likeness (QED) is 0.862. The van der Waals surface area contributed by atoms with E-state index in [1.807, 2.05) is 0 Å². The van der Waals surface area contributed by atoms with E-state index in [1.165, 1.54) is 30.7 Å². The molecular formula is C13H11NO4. The number of carbonyl (C=O) groups is 2. The van der Waals surface area contributed by atoms with Gasteiger partial charge in [0, 0.05) is 17.7 Å². The summed E-state index contributed by atoms with van der Waals surface area (Å²) in [6.07, 6.45) is 3.06. The molecule has 0 aliphatic heterocycles. The normalized spacial score (nSPS) is 10.0. The third-order valence-corrected chi connectivity index (χ3v) is 2.40. The predicted octanol–water partition coefficient (Wildman–Crippen LogP) is 1.91. The highest BCUT2D eigenvalue weighted by Gasteiger charge is 2.09. The number of furan rings is 1. The first kappa shape index (κ1) is 11.9. The molecule has 0 saturated heterocycles. The van der Waals surface area contributed by atoms with Gasteiger partial charge in [-0.25, -0.2) is 4.79 Å². The number of hydrogen-bond acceptors (Lipinski definition) is 3. The fourth-order valence-electron chi connectivity index (χ4n) is 1.47. The van der Waals surface area contributed by atoms with Crippen molar-refractivity contribution < 1.29 is 19.1 Å². The van der Waals surface area contributed by atoms with Crippen molar-refractivity contribution in [2.45, 2.75) is 6.54 Å². The molecule has 0 unspecified atom stereocenters. The van der Waals surface area contributed by atoms with Gasteiger partial charge in [0.15, 0.2) is 0 Å². The number of carboxylic acid groups (broad SMARTS) is 1. The molecule has 5 heteroatoms. The summed E-state index contributed by atoms with van der Waals surface area (Å²) < 4.78 is 4.87. The number of rotatable bonds is 4. The summed E-state index contributed by atoms with van der Waals surface area (Å²) in [7, 11) is 0. The van der Waals surface area contributed by atoms with Crippen LogP contribution >= 0.6 is 0 Å². The Hall–Kier alpha value is -2.56. The zero-order chi connectivity index (χ0) is 13.0. The minimum Gasteiger partial charge on any atom is -0.478 e. The van der Waals surface area contributed by atoms with Gasteiger partial charge in [0.2, 0.25) is 0 Å². The highest BCUT2D eigenvalue weighted by molar-refractivity contribution is 5.97. The minimum absolute atomic E-state index is 0.0889. The molecule has 0 spiro atoms. The summed E-state index contributed by atoms with van der Waals surface area (Å²) in [6.45, 7) is 0.340. The summed E-state index contributed by atoms with van der Waals surface area (Å²) in [5.41, 5.74) is 1.25. The van der Waals surface area contributed by atoms with Crippen LogP contribution in [0.1, 0.15) is 26.3 Å². The fourth-order valence-corrected chi connectivity index (χ4v) is 1.47. The predicted molar refractivity (Wildman–Crippen MR) is 63.3 cm³/mol. The second-order valence-corrected chi connectivity index (χ2v) is 3.70. The lowest BCUT2D eigenvalue weighted by Gasteiger charge is -2.04. The first-order valence-electron chi connectivity index (χ1n) is 5.29. The first-order valence-corrected chi connectivity index (χ1v) is 5.29. The van der Waals surface area contributed by atoms with Crippen molar-refractivity contribution in [3.63, 3.8) is 0 Å². The summed E-state index contributed by atoms with van der Waals surface area (Å²) in [5.74, 6) is -1.38. The Morgan fingerprint density at radius 2 is 2.00 bits per heavy atom. The molecule has 2 aromatic rings. The van der Waals surface area contributed by atoms with Gasteiger partial charge in [-0.05, 0) is 24.3 Å². The van der Waals surface area contributed by atoms with Gasteiger partial charge in [0.25, 0.3) is 5.91 Å². The third kappa shape index (κ3) is 2.76. The SMILES string of the molecule is O=C(O)c1cccc(C(=O)NCc2ccoc2)c1. The number of amides is 1. The van der Waals surface area contributed by atoms with Gasteiger partial charge in [0.1, 0.15) is 0 Å². The van der Waals surface area contributed by atoms with Gasteiger partial charge < -0.3 is 14.8 Å². The van der Waals surface area contributed by atoms with E-state index in [9.17, 15) is 9.59 Å². The van der Waals surface area contributed by atoms with Gasteiger partial charge in [-0.1, -0.05) is 6.07 Å². The molecule has 2 N–H and O–H groups in total. The topological polar surface area (TPSA) is 79.5 Å². The molecule has 0 radical (unpaired) electrons. The van der Waals surface area contributed by atoms with Crippen molar-refractivity contribution in [3.05, 3.63) is 59.5 Å². The lowest BCUT2D eigenvalue weighted by atomic mass is 10.1. The van der Waals surface area contributed by atoms with E-state index in [2.05, 4.69) is 5.32 Å². The van der Waals surface area contributed by atoms with Gasteiger partial charge in [-0.15, -0.1) is 0 Å². The molecule has 5 nitrogen and oxygen atoms in total. The Morgan fingerprint density at radius 3 is 2.67 bits per heavy atom. The van der Waals surface area contributed by atoms with E-state index in [0.717, 1.165) is 5.56 Å². The van der Waals surface area contributed by atoms with E-state index >= 15 is 0 Å². The van der Waals surface area contributed by atoms with Crippen molar-refractivity contribution in [1.82, 2.24) is 5.32 Å². The maximum absolute atomic E-state index is 11.8. The Morgan fingerprint density at radius 1 is 1.22 bits per heavy atom. The number of benzene rings is 1. The van der Waals surface area contributed by atoms with Gasteiger partial charge in [-0.3, -0.25) is 4.79 Å². The zero-order valence-electron chi connectivity index (χ0n) is 9.42. The lowest BCUT2D eigenvalue weighted by molar-refractivity contribution is 0.0697. The van der Waals surface area contributed by atoms with Gasteiger partial charge in [0.05, 0.1) is 18.1 Å². The van der Waals surface area contributed by atoms with Crippen LogP contribution in [0.3, 0.4) is 0 Å². The molecule has 18 heavy (non-hydrogen) atoms. The number of carboxylic acids is 1. The monoisotopic (exact) mass is 245 g/mol. The van der Waals surface area contributed by atoms with Crippen LogP contribution in [0.25, 0.3) is 0 Å². The number of hydrogen-bond donors (Lipinski definition) is 2. The molecule has 1 heterocycles. The Bertz CT molecular complexity index is 560. The number of nitrogens with one attached hydrogen (secondary N) is 1. The van der Waals surface area contributed by atoms with Crippen LogP contribution in [0.15, 0.2) is 47.3 Å². The van der Waals surface area contributed by atoms with Crippen LogP contribution in [0.5, 0.6) is 0 Å². The Labute approximate surface area is 103 Å². The molecule has 92 valence electrons. The standard InChI is InChI=1S/C13H11NO4/c15-12(14-7-9-4-5-18-8-9)10-2-1-3-11(6-10)13(16)17/h1-6,8H,7H2,(H,14,15)(H,16,17). The van der Waals surface area contributed by atoms with Crippen molar-refractivity contribution in [2.24, 2.45) is 0 Å². The van der Waals surface area contributed by atoms with E-state index < -0.39 is 5.97 Å². The molecule has 0 aliphatic rings. The zero-order valence-corrected chi connectivity index (χ0v) is 9.42. The Kier molecular flexibility index (Phi) is 3.43. The van der Waals surface area contributed by atoms with E-state index in [4.69, 9.17) is 9.52 Å². The molecular weight excluding hydrogens is 234 g/mol. The Balaban J connectivity index is 2.04. The number of carbonyl (C=O) groups excluding carboxylic acids is 1. The van der Waals surface area contributed by atoms with Gasteiger partial charge in [-0.2, -0.15) is 0 Å². The smallest absolute Gasteiger partial charge is 0.335 e. The number of aromatic carboxylic acids is 1. The second kappa shape index (κ2) is 5.18. The first-order chi connectivity index (χ1) is 8.66. The molecule has 1 aromatic carbocycles. The highest BCUT2D eigenvalue weighted by atomic mass is 16.4. The third-order valence-electron chi connectivity index (χ3n) is 2.40. The van der Waals surface area contributed by atoms with Crippen molar-refractivity contribution in [3.8, 4) is 0 Å². The molecule has 0 aliphatic carbocycles. The van der Waals surface area contributed by atoms with Crippen LogP contribution in [0.4, 0.5) is 0 Å². The highest BCUT2D eigenvalue weighted by Crippen LogP contribution is 2.06. The maximum Gasteiger partial charge on any atom is 0.335 e. The molecule has 0 bridgehead atoms. The van der Waals surface area contributed by atoms with E-state index in [-0.39, 0.29) is 11.5 Å². The molecule has 1 aromatic heterocycles. The van der Waals surface area contributed by atoms with Crippen LogP contribution in [-0.4, -0.2) is 17.0 Å². The average molecular weight is 245 g/mol. The van der Waals surface area contributed by atoms with Crippen molar-refractivity contribution in [2.75, 3.05) is 0 Å².